The number of nitrogens with zero attached hydrogens (tertiary/aromatic N) is 2. The highest BCUT2D eigenvalue weighted by Gasteiger charge is 2.11. The van der Waals surface area contributed by atoms with Crippen LogP contribution in [0.4, 0.5) is 5.69 Å². The molecule has 3 aromatic rings. The third kappa shape index (κ3) is 5.25. The van der Waals surface area contributed by atoms with E-state index in [1.54, 1.807) is 18.5 Å². The zero-order valence-corrected chi connectivity index (χ0v) is 15.4. The van der Waals surface area contributed by atoms with Gasteiger partial charge in [0.05, 0.1) is 6.54 Å². The maximum atomic E-state index is 12.7. The van der Waals surface area contributed by atoms with Gasteiger partial charge in [-0.2, -0.15) is 0 Å². The maximum Gasteiger partial charge on any atom is 0.258 e. The van der Waals surface area contributed by atoms with E-state index in [2.05, 4.69) is 20.6 Å². The summed E-state index contributed by atoms with van der Waals surface area (Å²) < 4.78 is 0. The Labute approximate surface area is 159 Å². The van der Waals surface area contributed by atoms with Crippen LogP contribution in [0.1, 0.15) is 27.0 Å². The Morgan fingerprint density at radius 3 is 2.52 bits per heavy atom. The topological polar surface area (TPSA) is 66.4 Å². The van der Waals surface area contributed by atoms with Crippen molar-refractivity contribution in [2.24, 2.45) is 4.99 Å². The van der Waals surface area contributed by atoms with Gasteiger partial charge in [0, 0.05) is 23.6 Å². The van der Waals surface area contributed by atoms with Crippen LogP contribution in [0.5, 0.6) is 0 Å². The zero-order valence-electron chi connectivity index (χ0n) is 15.4. The Morgan fingerprint density at radius 1 is 1.00 bits per heavy atom. The molecule has 3 rings (SSSR count). The molecule has 2 N–H and O–H groups in total. The van der Waals surface area contributed by atoms with Crippen LogP contribution in [-0.4, -0.2) is 16.9 Å². The van der Waals surface area contributed by atoms with Gasteiger partial charge in [-0.3, -0.25) is 15.1 Å². The molecule has 136 valence electrons. The number of aryl methyl sites for hydroxylation is 2. The quantitative estimate of drug-likeness (QED) is 0.545. The number of nitrogens with one attached hydrogen (secondary N) is 2. The Hall–Kier alpha value is -3.47. The van der Waals surface area contributed by atoms with Crippen LogP contribution in [0.2, 0.25) is 0 Å². The average molecular weight is 358 g/mol. The first-order valence-electron chi connectivity index (χ1n) is 8.76. The SMILES string of the molecule is Cc1cccc(NC(=NCc2ccncc2)NC(=O)c2ccccc2C)c1. The second-order valence-electron chi connectivity index (χ2n) is 6.28. The molecule has 1 heterocycles. The minimum absolute atomic E-state index is 0.193. The number of hydrogen-bond donors (Lipinski definition) is 2. The van der Waals surface area contributed by atoms with Crippen LogP contribution in [0.15, 0.2) is 78.0 Å². The molecule has 5 heteroatoms. The number of anilines is 1. The van der Waals surface area contributed by atoms with E-state index >= 15 is 0 Å². The number of aromatic nitrogens is 1. The predicted octanol–water partition coefficient (Wildman–Crippen LogP) is 4.10. The van der Waals surface area contributed by atoms with Gasteiger partial charge in [0.25, 0.3) is 5.91 Å². The largest absolute Gasteiger partial charge is 0.326 e. The van der Waals surface area contributed by atoms with Crippen molar-refractivity contribution in [1.29, 1.82) is 0 Å². The second kappa shape index (κ2) is 8.76. The molecule has 0 saturated carbocycles. The lowest BCUT2D eigenvalue weighted by Crippen LogP contribution is -2.36. The standard InChI is InChI=1S/C22H22N4O/c1-16-6-5-8-19(14-16)25-22(24-15-18-10-12-23-13-11-18)26-21(27)20-9-4-3-7-17(20)2/h3-14H,15H2,1-2H3,(H2,24,25,26,27). The Balaban J connectivity index is 1.82. The Kier molecular flexibility index (Phi) is 5.94. The van der Waals surface area contributed by atoms with E-state index in [0.29, 0.717) is 18.1 Å². The van der Waals surface area contributed by atoms with E-state index in [1.165, 1.54) is 0 Å². The zero-order chi connectivity index (χ0) is 19.1. The molecule has 1 aromatic heterocycles. The van der Waals surface area contributed by atoms with E-state index in [4.69, 9.17) is 0 Å². The molecule has 1 amide bonds. The van der Waals surface area contributed by atoms with Crippen molar-refractivity contribution in [3.05, 3.63) is 95.3 Å². The van der Waals surface area contributed by atoms with Crippen molar-refractivity contribution in [2.75, 3.05) is 5.32 Å². The molecule has 0 radical (unpaired) electrons. The molecule has 0 spiro atoms. The predicted molar refractivity (Wildman–Crippen MR) is 109 cm³/mol. The van der Waals surface area contributed by atoms with Crippen LogP contribution in [0.25, 0.3) is 0 Å². The molecule has 0 aliphatic rings. The number of hydrogen-bond acceptors (Lipinski definition) is 3. The number of aliphatic imine (C=N–C) groups is 1. The second-order valence-corrected chi connectivity index (χ2v) is 6.28. The first kappa shape index (κ1) is 18.3. The lowest BCUT2D eigenvalue weighted by atomic mass is 10.1. The van der Waals surface area contributed by atoms with Gasteiger partial charge in [-0.05, 0) is 60.9 Å². The number of amides is 1. The van der Waals surface area contributed by atoms with Crippen LogP contribution in [0, 0.1) is 13.8 Å². The molecule has 0 aliphatic heterocycles. The number of rotatable bonds is 4. The molecular formula is C22H22N4O. The first-order valence-corrected chi connectivity index (χ1v) is 8.76. The highest BCUT2D eigenvalue weighted by molar-refractivity contribution is 6.10. The molecule has 0 atom stereocenters. The molecule has 0 aliphatic carbocycles. The summed E-state index contributed by atoms with van der Waals surface area (Å²) in [6.45, 7) is 4.37. The van der Waals surface area contributed by atoms with Gasteiger partial charge in [-0.1, -0.05) is 30.3 Å². The fourth-order valence-corrected chi connectivity index (χ4v) is 2.63. The van der Waals surface area contributed by atoms with Gasteiger partial charge >= 0.3 is 0 Å². The normalized spacial score (nSPS) is 11.1. The van der Waals surface area contributed by atoms with Gasteiger partial charge in [-0.15, -0.1) is 0 Å². The van der Waals surface area contributed by atoms with E-state index < -0.39 is 0 Å². The van der Waals surface area contributed by atoms with E-state index in [-0.39, 0.29) is 5.91 Å². The Morgan fingerprint density at radius 2 is 1.78 bits per heavy atom. The first-order chi connectivity index (χ1) is 13.1. The summed E-state index contributed by atoms with van der Waals surface area (Å²) in [4.78, 5) is 21.3. The molecule has 0 fully saturated rings. The molecule has 5 nitrogen and oxygen atoms in total. The number of guanidine groups is 1. The van der Waals surface area contributed by atoms with Gasteiger partial charge in [0.15, 0.2) is 0 Å². The highest BCUT2D eigenvalue weighted by Crippen LogP contribution is 2.11. The minimum atomic E-state index is -0.193. The number of carbonyl (C=O) groups excluding carboxylic acids is 1. The van der Waals surface area contributed by atoms with Crippen molar-refractivity contribution >= 4 is 17.6 Å². The van der Waals surface area contributed by atoms with Crippen molar-refractivity contribution in [2.45, 2.75) is 20.4 Å². The monoisotopic (exact) mass is 358 g/mol. The van der Waals surface area contributed by atoms with Crippen LogP contribution in [-0.2, 0) is 6.54 Å². The Bertz CT molecular complexity index is 951. The summed E-state index contributed by atoms with van der Waals surface area (Å²) in [5, 5.41) is 6.11. The third-order valence-corrected chi connectivity index (χ3v) is 4.07. The number of carbonyl (C=O) groups is 1. The highest BCUT2D eigenvalue weighted by atomic mass is 16.1. The van der Waals surface area contributed by atoms with Crippen LogP contribution >= 0.6 is 0 Å². The number of pyridine rings is 1. The molecule has 0 bridgehead atoms. The van der Waals surface area contributed by atoms with Gasteiger partial charge in [0.2, 0.25) is 5.96 Å². The van der Waals surface area contributed by atoms with Crippen molar-refractivity contribution in [3.63, 3.8) is 0 Å². The third-order valence-electron chi connectivity index (χ3n) is 4.07. The fraction of sp³-hybridized carbons (Fsp3) is 0.136. The van der Waals surface area contributed by atoms with E-state index in [9.17, 15) is 4.79 Å². The summed E-state index contributed by atoms with van der Waals surface area (Å²) >= 11 is 0. The summed E-state index contributed by atoms with van der Waals surface area (Å²) in [5.74, 6) is 0.215. The molecule has 2 aromatic carbocycles. The van der Waals surface area contributed by atoms with Crippen LogP contribution in [0.3, 0.4) is 0 Å². The number of benzene rings is 2. The van der Waals surface area contributed by atoms with Crippen molar-refractivity contribution in [1.82, 2.24) is 10.3 Å². The summed E-state index contributed by atoms with van der Waals surface area (Å²) in [6, 6.07) is 19.2. The van der Waals surface area contributed by atoms with Crippen molar-refractivity contribution < 1.29 is 4.79 Å². The lowest BCUT2D eigenvalue weighted by Gasteiger charge is -2.13. The minimum Gasteiger partial charge on any atom is -0.326 e. The average Bonchev–Trinajstić information content (AvgIpc) is 2.67. The molecular weight excluding hydrogens is 336 g/mol. The lowest BCUT2D eigenvalue weighted by molar-refractivity contribution is 0.0976. The molecule has 0 unspecified atom stereocenters. The van der Waals surface area contributed by atoms with E-state index in [0.717, 1.165) is 22.4 Å². The van der Waals surface area contributed by atoms with Gasteiger partial charge < -0.3 is 5.32 Å². The fourth-order valence-electron chi connectivity index (χ4n) is 2.63. The van der Waals surface area contributed by atoms with Crippen LogP contribution < -0.4 is 10.6 Å². The van der Waals surface area contributed by atoms with Gasteiger partial charge in [0.1, 0.15) is 0 Å². The van der Waals surface area contributed by atoms with Gasteiger partial charge in [-0.25, -0.2) is 4.99 Å². The summed E-state index contributed by atoms with van der Waals surface area (Å²) in [6.07, 6.45) is 3.45. The molecule has 27 heavy (non-hydrogen) atoms. The summed E-state index contributed by atoms with van der Waals surface area (Å²) in [5.41, 5.74) is 4.55. The smallest absolute Gasteiger partial charge is 0.258 e. The van der Waals surface area contributed by atoms with Crippen molar-refractivity contribution in [3.8, 4) is 0 Å². The summed E-state index contributed by atoms with van der Waals surface area (Å²) in [7, 11) is 0. The van der Waals surface area contributed by atoms with E-state index in [1.807, 2.05) is 68.4 Å². The maximum absolute atomic E-state index is 12.7. The molecule has 0 saturated heterocycles.